The minimum Gasteiger partial charge on any atom is -0.497 e. The van der Waals surface area contributed by atoms with E-state index in [-0.39, 0.29) is 5.82 Å². The van der Waals surface area contributed by atoms with Crippen molar-refractivity contribution in [3.63, 3.8) is 0 Å². The molecule has 21 heavy (non-hydrogen) atoms. The number of benzene rings is 1. The van der Waals surface area contributed by atoms with Crippen molar-refractivity contribution in [1.29, 1.82) is 0 Å². The highest BCUT2D eigenvalue weighted by molar-refractivity contribution is 5.38. The molecule has 0 aliphatic rings. The molecule has 2 aromatic rings. The van der Waals surface area contributed by atoms with Crippen molar-refractivity contribution >= 4 is 0 Å². The number of hydrazine groups is 1. The van der Waals surface area contributed by atoms with Gasteiger partial charge in [0, 0.05) is 17.2 Å². The first-order valence-corrected chi connectivity index (χ1v) is 6.73. The second-order valence-corrected chi connectivity index (χ2v) is 4.73. The Kier molecular flexibility index (Phi) is 4.82. The van der Waals surface area contributed by atoms with Crippen LogP contribution in [0.4, 0.5) is 4.39 Å². The number of hydrogen-bond donors (Lipinski definition) is 2. The van der Waals surface area contributed by atoms with E-state index in [4.69, 9.17) is 10.6 Å². The fourth-order valence-electron chi connectivity index (χ4n) is 2.27. The standard InChI is InChI=1S/C15H19FN4O/c1-4-14-12(7-9(2)19-20-14)15(18-17)11-6-5-10(21-3)8-13(11)16/h5-8,15,18H,4,17H2,1-3H3. The molecule has 0 saturated carbocycles. The first kappa shape index (κ1) is 15.3. The van der Waals surface area contributed by atoms with Crippen LogP contribution < -0.4 is 16.0 Å². The van der Waals surface area contributed by atoms with E-state index in [2.05, 4.69) is 15.6 Å². The first-order valence-electron chi connectivity index (χ1n) is 6.73. The van der Waals surface area contributed by atoms with E-state index in [0.717, 1.165) is 17.0 Å². The molecule has 1 aromatic carbocycles. The highest BCUT2D eigenvalue weighted by atomic mass is 19.1. The van der Waals surface area contributed by atoms with Gasteiger partial charge in [0.15, 0.2) is 0 Å². The zero-order valence-electron chi connectivity index (χ0n) is 12.4. The molecular formula is C15H19FN4O. The Morgan fingerprint density at radius 2 is 2.05 bits per heavy atom. The van der Waals surface area contributed by atoms with Crippen LogP contribution in [0.3, 0.4) is 0 Å². The van der Waals surface area contributed by atoms with E-state index >= 15 is 0 Å². The Bertz CT molecular complexity index is 633. The summed E-state index contributed by atoms with van der Waals surface area (Å²) in [7, 11) is 1.50. The number of hydrogen-bond acceptors (Lipinski definition) is 5. The number of nitrogens with two attached hydrogens (primary N) is 1. The third-order valence-electron chi connectivity index (χ3n) is 3.36. The summed E-state index contributed by atoms with van der Waals surface area (Å²) in [5.41, 5.74) is 5.49. The van der Waals surface area contributed by atoms with Gasteiger partial charge in [-0.1, -0.05) is 13.0 Å². The van der Waals surface area contributed by atoms with E-state index in [1.165, 1.54) is 13.2 Å². The molecule has 0 aliphatic carbocycles. The van der Waals surface area contributed by atoms with Crippen molar-refractivity contribution in [3.05, 3.63) is 52.6 Å². The maximum atomic E-state index is 14.3. The molecule has 1 unspecified atom stereocenters. The lowest BCUT2D eigenvalue weighted by Crippen LogP contribution is -2.30. The number of halogens is 1. The number of rotatable bonds is 5. The van der Waals surface area contributed by atoms with Crippen LogP contribution >= 0.6 is 0 Å². The van der Waals surface area contributed by atoms with Crippen molar-refractivity contribution in [2.45, 2.75) is 26.3 Å². The number of aryl methyl sites for hydroxylation is 2. The number of ether oxygens (including phenoxy) is 1. The fourth-order valence-corrected chi connectivity index (χ4v) is 2.27. The Morgan fingerprint density at radius 3 is 2.62 bits per heavy atom. The summed E-state index contributed by atoms with van der Waals surface area (Å²) in [4.78, 5) is 0. The normalized spacial score (nSPS) is 12.2. The van der Waals surface area contributed by atoms with Gasteiger partial charge in [-0.3, -0.25) is 5.84 Å². The summed E-state index contributed by atoms with van der Waals surface area (Å²) in [6.07, 6.45) is 0.693. The average Bonchev–Trinajstić information content (AvgIpc) is 2.49. The topological polar surface area (TPSA) is 73.1 Å². The van der Waals surface area contributed by atoms with Gasteiger partial charge in [-0.15, -0.1) is 0 Å². The minimum atomic E-state index is -0.486. The average molecular weight is 290 g/mol. The Hall–Kier alpha value is -2.05. The molecule has 2 rings (SSSR count). The fraction of sp³-hybridized carbons (Fsp3) is 0.333. The lowest BCUT2D eigenvalue weighted by molar-refractivity contribution is 0.410. The third-order valence-corrected chi connectivity index (χ3v) is 3.36. The molecular weight excluding hydrogens is 271 g/mol. The monoisotopic (exact) mass is 290 g/mol. The molecule has 0 bridgehead atoms. The van der Waals surface area contributed by atoms with Gasteiger partial charge in [-0.25, -0.2) is 9.82 Å². The molecule has 0 amide bonds. The molecule has 0 radical (unpaired) electrons. The second kappa shape index (κ2) is 6.60. The molecule has 1 aromatic heterocycles. The number of methoxy groups -OCH3 is 1. The van der Waals surface area contributed by atoms with Crippen LogP contribution in [0.25, 0.3) is 0 Å². The summed E-state index contributed by atoms with van der Waals surface area (Å²) in [5.74, 6) is 5.74. The van der Waals surface area contributed by atoms with Crippen LogP contribution in [-0.2, 0) is 6.42 Å². The quantitative estimate of drug-likeness (QED) is 0.651. The summed E-state index contributed by atoms with van der Waals surface area (Å²) in [6, 6.07) is 6.09. The zero-order valence-corrected chi connectivity index (χ0v) is 12.4. The van der Waals surface area contributed by atoms with E-state index in [9.17, 15) is 4.39 Å². The predicted octanol–water partition coefficient (Wildman–Crippen LogP) is 2.05. The lowest BCUT2D eigenvalue weighted by Gasteiger charge is -2.20. The van der Waals surface area contributed by atoms with E-state index in [1.807, 2.05) is 19.9 Å². The van der Waals surface area contributed by atoms with Crippen molar-refractivity contribution in [2.75, 3.05) is 7.11 Å². The molecule has 0 saturated heterocycles. The molecule has 0 fully saturated rings. The number of nitrogens with zero attached hydrogens (tertiary/aromatic N) is 2. The van der Waals surface area contributed by atoms with Gasteiger partial charge in [0.2, 0.25) is 0 Å². The summed E-state index contributed by atoms with van der Waals surface area (Å²) < 4.78 is 19.3. The number of aromatic nitrogens is 2. The molecule has 5 nitrogen and oxygen atoms in total. The van der Waals surface area contributed by atoms with Crippen LogP contribution in [0.5, 0.6) is 5.75 Å². The molecule has 1 heterocycles. The van der Waals surface area contributed by atoms with Gasteiger partial charge >= 0.3 is 0 Å². The van der Waals surface area contributed by atoms with Crippen LogP contribution in [0.1, 0.15) is 35.5 Å². The van der Waals surface area contributed by atoms with Gasteiger partial charge in [-0.2, -0.15) is 10.2 Å². The third kappa shape index (κ3) is 3.17. The van der Waals surface area contributed by atoms with E-state index in [1.54, 1.807) is 12.1 Å². The zero-order chi connectivity index (χ0) is 15.4. The van der Waals surface area contributed by atoms with Gasteiger partial charge in [-0.05, 0) is 25.5 Å². The maximum Gasteiger partial charge on any atom is 0.132 e. The van der Waals surface area contributed by atoms with Gasteiger partial charge < -0.3 is 4.74 Å². The SMILES string of the molecule is CCc1nnc(C)cc1C(NN)c1ccc(OC)cc1F. The summed E-state index contributed by atoms with van der Waals surface area (Å²) in [6.45, 7) is 3.81. The van der Waals surface area contributed by atoms with Gasteiger partial charge in [0.25, 0.3) is 0 Å². The molecule has 6 heteroatoms. The van der Waals surface area contributed by atoms with Crippen molar-refractivity contribution in [1.82, 2.24) is 15.6 Å². The van der Waals surface area contributed by atoms with Crippen LogP contribution in [-0.4, -0.2) is 17.3 Å². The smallest absolute Gasteiger partial charge is 0.132 e. The molecule has 1 atom stereocenters. The second-order valence-electron chi connectivity index (χ2n) is 4.73. The lowest BCUT2D eigenvalue weighted by atomic mass is 9.96. The molecule has 112 valence electrons. The van der Waals surface area contributed by atoms with Crippen molar-refractivity contribution in [2.24, 2.45) is 5.84 Å². The summed E-state index contributed by atoms with van der Waals surface area (Å²) >= 11 is 0. The molecule has 0 spiro atoms. The number of nitrogens with one attached hydrogen (secondary N) is 1. The van der Waals surface area contributed by atoms with E-state index < -0.39 is 6.04 Å². The largest absolute Gasteiger partial charge is 0.497 e. The van der Waals surface area contributed by atoms with Crippen LogP contribution in [0, 0.1) is 12.7 Å². The summed E-state index contributed by atoms with van der Waals surface area (Å²) in [5, 5.41) is 8.20. The molecule has 0 aliphatic heterocycles. The van der Waals surface area contributed by atoms with E-state index in [0.29, 0.717) is 17.7 Å². The predicted molar refractivity (Wildman–Crippen MR) is 78.3 cm³/mol. The molecule has 3 N–H and O–H groups in total. The Balaban J connectivity index is 2.51. The Labute approximate surface area is 123 Å². The highest BCUT2D eigenvalue weighted by Crippen LogP contribution is 2.28. The first-order chi connectivity index (χ1) is 10.1. The van der Waals surface area contributed by atoms with Crippen LogP contribution in [0.2, 0.25) is 0 Å². The van der Waals surface area contributed by atoms with Gasteiger partial charge in [0.1, 0.15) is 11.6 Å². The maximum absolute atomic E-state index is 14.3. The Morgan fingerprint density at radius 1 is 1.29 bits per heavy atom. The van der Waals surface area contributed by atoms with Crippen LogP contribution in [0.15, 0.2) is 24.3 Å². The van der Waals surface area contributed by atoms with Gasteiger partial charge in [0.05, 0.1) is 24.5 Å². The van der Waals surface area contributed by atoms with Crippen molar-refractivity contribution in [3.8, 4) is 5.75 Å². The highest BCUT2D eigenvalue weighted by Gasteiger charge is 2.21. The minimum absolute atomic E-state index is 0.381. The van der Waals surface area contributed by atoms with Crippen molar-refractivity contribution < 1.29 is 9.13 Å².